The largest absolute Gasteiger partial charge is 0.496 e. The van der Waals surface area contributed by atoms with Gasteiger partial charge in [-0.05, 0) is 42.5 Å². The van der Waals surface area contributed by atoms with E-state index in [1.54, 1.807) is 18.2 Å². The zero-order chi connectivity index (χ0) is 18.6. The Labute approximate surface area is 155 Å². The third kappa shape index (κ3) is 5.24. The van der Waals surface area contributed by atoms with Gasteiger partial charge in [-0.1, -0.05) is 27.5 Å². The number of nitrogens with one attached hydrogen (secondary N) is 1. The van der Waals surface area contributed by atoms with Crippen LogP contribution in [0.3, 0.4) is 0 Å². The molecular weight excluding hydrogens is 423 g/mol. The van der Waals surface area contributed by atoms with Crippen molar-refractivity contribution in [1.29, 1.82) is 0 Å². The molecule has 25 heavy (non-hydrogen) atoms. The van der Waals surface area contributed by atoms with Crippen LogP contribution < -0.4 is 10.1 Å². The van der Waals surface area contributed by atoms with E-state index in [1.165, 1.54) is 25.3 Å². The Hall–Kier alpha value is -1.99. The molecule has 0 unspecified atom stereocenters. The molecule has 0 aliphatic carbocycles. The van der Waals surface area contributed by atoms with E-state index in [-0.39, 0.29) is 5.69 Å². The molecule has 0 atom stereocenters. The fourth-order valence-corrected chi connectivity index (χ4v) is 2.61. The number of carbonyl (C=O) groups is 1. The molecule has 1 amide bonds. The number of benzene rings is 2. The molecule has 1 N–H and O–H groups in total. The van der Waals surface area contributed by atoms with Gasteiger partial charge < -0.3 is 10.1 Å². The van der Waals surface area contributed by atoms with Crippen LogP contribution in [0.1, 0.15) is 11.1 Å². The predicted octanol–water partition coefficient (Wildman–Crippen LogP) is 5.78. The van der Waals surface area contributed by atoms with Crippen LogP contribution in [0.25, 0.3) is 6.08 Å². The minimum absolute atomic E-state index is 0.00687. The molecule has 3 nitrogen and oxygen atoms in total. The van der Waals surface area contributed by atoms with Crippen molar-refractivity contribution in [2.75, 3.05) is 12.4 Å². The first-order valence-electron chi connectivity index (χ1n) is 6.90. The first-order valence-corrected chi connectivity index (χ1v) is 8.07. The van der Waals surface area contributed by atoms with Crippen LogP contribution in [-0.2, 0) is 11.0 Å². The minimum atomic E-state index is -4.60. The number of carbonyl (C=O) groups excluding carboxylic acids is 1. The summed E-state index contributed by atoms with van der Waals surface area (Å²) in [7, 11) is 1.49. The van der Waals surface area contributed by atoms with Crippen molar-refractivity contribution >= 4 is 45.2 Å². The van der Waals surface area contributed by atoms with E-state index in [0.717, 1.165) is 16.6 Å². The quantitative estimate of drug-likeness (QED) is 0.619. The molecule has 2 rings (SSSR count). The lowest BCUT2D eigenvalue weighted by Crippen LogP contribution is -2.11. The van der Waals surface area contributed by atoms with Crippen molar-refractivity contribution in [3.63, 3.8) is 0 Å². The van der Waals surface area contributed by atoms with Crippen molar-refractivity contribution in [2.45, 2.75) is 6.18 Å². The molecule has 132 valence electrons. The van der Waals surface area contributed by atoms with Gasteiger partial charge in [0.15, 0.2) is 0 Å². The Morgan fingerprint density at radius 2 is 1.96 bits per heavy atom. The summed E-state index contributed by atoms with van der Waals surface area (Å²) in [5, 5.41) is 1.94. The average molecular weight is 435 g/mol. The summed E-state index contributed by atoms with van der Waals surface area (Å²) >= 11 is 8.85. The zero-order valence-corrected chi connectivity index (χ0v) is 15.2. The van der Waals surface area contributed by atoms with E-state index < -0.39 is 22.7 Å². The first-order chi connectivity index (χ1) is 11.7. The standard InChI is InChI=1S/C17H12BrClF3NO2/c1-25-15-6-3-11(18)8-10(15)2-7-16(24)23-12-4-5-14(19)13(9-12)17(20,21)22/h2-9H,1H3,(H,23,24)/b7-2+. The number of amides is 1. The third-order valence-corrected chi connectivity index (χ3v) is 3.97. The number of rotatable bonds is 4. The summed E-state index contributed by atoms with van der Waals surface area (Å²) in [5.74, 6) is -0.0319. The van der Waals surface area contributed by atoms with E-state index in [2.05, 4.69) is 21.2 Å². The highest BCUT2D eigenvalue weighted by Gasteiger charge is 2.33. The van der Waals surface area contributed by atoms with Crippen LogP contribution in [0, 0.1) is 0 Å². The summed E-state index contributed by atoms with van der Waals surface area (Å²) in [6, 6.07) is 8.41. The first kappa shape index (κ1) is 19.3. The molecule has 2 aromatic rings. The summed E-state index contributed by atoms with van der Waals surface area (Å²) < 4.78 is 44.4. The smallest absolute Gasteiger partial charge is 0.417 e. The molecule has 0 bridgehead atoms. The normalized spacial score (nSPS) is 11.6. The Balaban J connectivity index is 2.17. The number of halogens is 5. The predicted molar refractivity (Wildman–Crippen MR) is 94.8 cm³/mol. The Bertz CT molecular complexity index is 822. The second-order valence-electron chi connectivity index (χ2n) is 4.90. The maximum Gasteiger partial charge on any atom is 0.417 e. The van der Waals surface area contributed by atoms with Crippen LogP contribution in [0.5, 0.6) is 5.75 Å². The van der Waals surface area contributed by atoms with Gasteiger partial charge in [0.1, 0.15) is 5.75 Å². The van der Waals surface area contributed by atoms with Crippen LogP contribution >= 0.6 is 27.5 Å². The lowest BCUT2D eigenvalue weighted by Gasteiger charge is -2.11. The molecule has 2 aromatic carbocycles. The van der Waals surface area contributed by atoms with E-state index in [0.29, 0.717) is 11.3 Å². The number of anilines is 1. The lowest BCUT2D eigenvalue weighted by molar-refractivity contribution is -0.137. The monoisotopic (exact) mass is 433 g/mol. The maximum atomic E-state index is 12.8. The van der Waals surface area contributed by atoms with Gasteiger partial charge in [0.05, 0.1) is 17.7 Å². The Kier molecular flexibility index (Phi) is 6.13. The highest BCUT2D eigenvalue weighted by molar-refractivity contribution is 9.10. The number of hydrogen-bond donors (Lipinski definition) is 1. The van der Waals surface area contributed by atoms with Gasteiger partial charge in [-0.25, -0.2) is 0 Å². The van der Waals surface area contributed by atoms with Gasteiger partial charge in [0.2, 0.25) is 5.91 Å². The maximum absolute atomic E-state index is 12.8. The average Bonchev–Trinajstić information content (AvgIpc) is 2.54. The number of methoxy groups -OCH3 is 1. The lowest BCUT2D eigenvalue weighted by atomic mass is 10.1. The van der Waals surface area contributed by atoms with Crippen LogP contribution in [0.2, 0.25) is 5.02 Å². The van der Waals surface area contributed by atoms with Gasteiger partial charge in [0, 0.05) is 21.8 Å². The van der Waals surface area contributed by atoms with Crippen LogP contribution in [-0.4, -0.2) is 13.0 Å². The van der Waals surface area contributed by atoms with Gasteiger partial charge in [0.25, 0.3) is 0 Å². The second kappa shape index (κ2) is 7.93. The van der Waals surface area contributed by atoms with E-state index in [9.17, 15) is 18.0 Å². The molecule has 0 heterocycles. The summed E-state index contributed by atoms with van der Waals surface area (Å²) in [5.41, 5.74) is -0.378. The number of hydrogen-bond acceptors (Lipinski definition) is 2. The molecule has 0 aromatic heterocycles. The molecule has 0 aliphatic rings. The van der Waals surface area contributed by atoms with Crippen LogP contribution in [0.15, 0.2) is 46.9 Å². The van der Waals surface area contributed by atoms with Crippen molar-refractivity contribution in [3.05, 3.63) is 63.1 Å². The van der Waals surface area contributed by atoms with Gasteiger partial charge in [-0.3, -0.25) is 4.79 Å². The minimum Gasteiger partial charge on any atom is -0.496 e. The molecule has 0 radical (unpaired) electrons. The Morgan fingerprint density at radius 1 is 1.24 bits per heavy atom. The molecule has 0 spiro atoms. The fraction of sp³-hybridized carbons (Fsp3) is 0.118. The number of alkyl halides is 3. The SMILES string of the molecule is COc1ccc(Br)cc1/C=C/C(=O)Nc1ccc(Cl)c(C(F)(F)F)c1. The third-order valence-electron chi connectivity index (χ3n) is 3.15. The summed E-state index contributed by atoms with van der Waals surface area (Å²) in [6.07, 6.45) is -1.90. The van der Waals surface area contributed by atoms with Gasteiger partial charge >= 0.3 is 6.18 Å². The molecule has 0 fully saturated rings. The van der Waals surface area contributed by atoms with E-state index in [1.807, 2.05) is 0 Å². The second-order valence-corrected chi connectivity index (χ2v) is 6.22. The van der Waals surface area contributed by atoms with Crippen molar-refractivity contribution in [1.82, 2.24) is 0 Å². The molecule has 0 aliphatic heterocycles. The van der Waals surface area contributed by atoms with Gasteiger partial charge in [-0.2, -0.15) is 13.2 Å². The highest BCUT2D eigenvalue weighted by atomic mass is 79.9. The highest BCUT2D eigenvalue weighted by Crippen LogP contribution is 2.36. The van der Waals surface area contributed by atoms with Gasteiger partial charge in [-0.15, -0.1) is 0 Å². The summed E-state index contributed by atoms with van der Waals surface area (Å²) in [6.45, 7) is 0. The van der Waals surface area contributed by atoms with Crippen LogP contribution in [0.4, 0.5) is 18.9 Å². The zero-order valence-electron chi connectivity index (χ0n) is 12.8. The van der Waals surface area contributed by atoms with E-state index >= 15 is 0 Å². The topological polar surface area (TPSA) is 38.3 Å². The molecule has 0 saturated heterocycles. The number of ether oxygens (including phenoxy) is 1. The fourth-order valence-electron chi connectivity index (χ4n) is 2.01. The molecule has 8 heteroatoms. The molecular formula is C17H12BrClF3NO2. The van der Waals surface area contributed by atoms with Crippen molar-refractivity contribution in [3.8, 4) is 5.75 Å². The summed E-state index contributed by atoms with van der Waals surface area (Å²) in [4.78, 5) is 12.0. The van der Waals surface area contributed by atoms with Crippen molar-refractivity contribution in [2.24, 2.45) is 0 Å². The van der Waals surface area contributed by atoms with Crippen molar-refractivity contribution < 1.29 is 22.7 Å². The van der Waals surface area contributed by atoms with E-state index in [4.69, 9.17) is 16.3 Å². The molecule has 0 saturated carbocycles. The Morgan fingerprint density at radius 3 is 2.60 bits per heavy atom.